The summed E-state index contributed by atoms with van der Waals surface area (Å²) in [5.41, 5.74) is 10.4. The van der Waals surface area contributed by atoms with Crippen LogP contribution in [0.15, 0.2) is 23.4 Å². The number of rotatable bonds is 3. The average Bonchev–Trinajstić information content (AvgIpc) is 2.65. The second kappa shape index (κ2) is 4.84. The van der Waals surface area contributed by atoms with Crippen LogP contribution in [0.1, 0.15) is 19.3 Å². The van der Waals surface area contributed by atoms with Crippen molar-refractivity contribution in [3.63, 3.8) is 0 Å². The van der Waals surface area contributed by atoms with Crippen molar-refractivity contribution in [3.8, 4) is 0 Å². The summed E-state index contributed by atoms with van der Waals surface area (Å²) in [6, 6.07) is 3.59. The van der Waals surface area contributed by atoms with Crippen molar-refractivity contribution in [1.82, 2.24) is 4.98 Å². The van der Waals surface area contributed by atoms with Gasteiger partial charge in [-0.15, -0.1) is 11.8 Å². The molecule has 1 aromatic rings. The van der Waals surface area contributed by atoms with Crippen LogP contribution in [0.4, 0.5) is 0 Å². The molecule has 0 aromatic carbocycles. The lowest BCUT2D eigenvalue weighted by Crippen LogP contribution is -2.50. The van der Waals surface area contributed by atoms with Gasteiger partial charge in [-0.3, -0.25) is 4.79 Å². The molecule has 0 saturated heterocycles. The van der Waals surface area contributed by atoms with E-state index in [-0.39, 0.29) is 5.25 Å². The number of halogens is 1. The molecule has 0 bridgehead atoms. The number of carbonyl (C=O) groups excluding carboxylic acids is 1. The van der Waals surface area contributed by atoms with Gasteiger partial charge in [0.1, 0.15) is 5.03 Å². The van der Waals surface area contributed by atoms with Crippen LogP contribution >= 0.6 is 23.4 Å². The van der Waals surface area contributed by atoms with Gasteiger partial charge < -0.3 is 11.5 Å². The van der Waals surface area contributed by atoms with Crippen LogP contribution in [0, 0.1) is 0 Å². The molecule has 1 heterocycles. The molecule has 0 radical (unpaired) electrons. The van der Waals surface area contributed by atoms with E-state index in [1.54, 1.807) is 30.1 Å². The number of thioether (sulfide) groups is 1. The molecule has 0 aliphatic heterocycles. The van der Waals surface area contributed by atoms with E-state index in [4.69, 9.17) is 23.1 Å². The standard InChI is InChI=1S/C11H14ClN3OS/c12-8-2-1-5-15-9(8)17-7-3-4-11(14,6-7)10(13)16/h1-2,5,7H,3-4,6,14H2,(H2,13,16). The van der Waals surface area contributed by atoms with E-state index in [1.165, 1.54) is 0 Å². The van der Waals surface area contributed by atoms with Gasteiger partial charge in [0.2, 0.25) is 5.91 Å². The molecule has 2 atom stereocenters. The molecule has 0 spiro atoms. The van der Waals surface area contributed by atoms with Crippen molar-refractivity contribution in [1.29, 1.82) is 0 Å². The van der Waals surface area contributed by atoms with Crippen molar-refractivity contribution in [2.45, 2.75) is 35.1 Å². The third-order valence-electron chi connectivity index (χ3n) is 3.00. The number of pyridine rings is 1. The maximum atomic E-state index is 11.2. The molecule has 1 saturated carbocycles. The fraction of sp³-hybridized carbons (Fsp3) is 0.455. The molecular weight excluding hydrogens is 258 g/mol. The topological polar surface area (TPSA) is 82.0 Å². The zero-order chi connectivity index (χ0) is 12.5. The molecule has 1 amide bonds. The SMILES string of the molecule is NC(=O)C1(N)CCC(Sc2ncccc2Cl)C1. The molecule has 6 heteroatoms. The minimum Gasteiger partial charge on any atom is -0.368 e. The van der Waals surface area contributed by atoms with Crippen LogP contribution in [0.25, 0.3) is 0 Å². The number of nitrogens with zero attached hydrogens (tertiary/aromatic N) is 1. The summed E-state index contributed by atoms with van der Waals surface area (Å²) in [5, 5.41) is 1.67. The lowest BCUT2D eigenvalue weighted by molar-refractivity contribution is -0.122. The monoisotopic (exact) mass is 271 g/mol. The summed E-state index contributed by atoms with van der Waals surface area (Å²) >= 11 is 7.60. The van der Waals surface area contributed by atoms with Gasteiger partial charge in [0.25, 0.3) is 0 Å². The first-order chi connectivity index (χ1) is 8.01. The lowest BCUT2D eigenvalue weighted by atomic mass is 9.99. The van der Waals surface area contributed by atoms with Crippen molar-refractivity contribution >= 4 is 29.3 Å². The number of aromatic nitrogens is 1. The van der Waals surface area contributed by atoms with Crippen LogP contribution in [0.5, 0.6) is 0 Å². The first-order valence-corrected chi connectivity index (χ1v) is 6.63. The van der Waals surface area contributed by atoms with Gasteiger partial charge in [0.15, 0.2) is 0 Å². The highest BCUT2D eigenvalue weighted by Gasteiger charge is 2.41. The Morgan fingerprint density at radius 2 is 2.41 bits per heavy atom. The maximum absolute atomic E-state index is 11.2. The Labute approximate surface area is 109 Å². The van der Waals surface area contributed by atoms with Crippen LogP contribution < -0.4 is 11.5 Å². The van der Waals surface area contributed by atoms with Gasteiger partial charge in [-0.1, -0.05) is 11.6 Å². The molecule has 17 heavy (non-hydrogen) atoms. The summed E-state index contributed by atoms with van der Waals surface area (Å²) in [4.78, 5) is 15.4. The average molecular weight is 272 g/mol. The minimum atomic E-state index is -0.862. The Bertz CT molecular complexity index is 442. The van der Waals surface area contributed by atoms with Crippen molar-refractivity contribution < 1.29 is 4.79 Å². The zero-order valence-electron chi connectivity index (χ0n) is 9.23. The van der Waals surface area contributed by atoms with E-state index >= 15 is 0 Å². The van der Waals surface area contributed by atoms with Crippen LogP contribution in [0.3, 0.4) is 0 Å². The molecular formula is C11H14ClN3OS. The second-order valence-corrected chi connectivity index (χ2v) is 5.99. The van der Waals surface area contributed by atoms with E-state index < -0.39 is 11.4 Å². The van der Waals surface area contributed by atoms with Gasteiger partial charge in [-0.2, -0.15) is 0 Å². The third-order valence-corrected chi connectivity index (χ3v) is 4.70. The predicted octanol–water partition coefficient (Wildman–Crippen LogP) is 1.56. The maximum Gasteiger partial charge on any atom is 0.237 e. The van der Waals surface area contributed by atoms with E-state index in [0.29, 0.717) is 17.9 Å². The largest absolute Gasteiger partial charge is 0.368 e. The van der Waals surface area contributed by atoms with Crippen molar-refractivity contribution in [3.05, 3.63) is 23.4 Å². The van der Waals surface area contributed by atoms with E-state index in [2.05, 4.69) is 4.98 Å². The van der Waals surface area contributed by atoms with E-state index in [9.17, 15) is 4.79 Å². The van der Waals surface area contributed by atoms with Gasteiger partial charge in [0.05, 0.1) is 10.6 Å². The second-order valence-electron chi connectivity index (χ2n) is 4.29. The highest BCUT2D eigenvalue weighted by Crippen LogP contribution is 2.40. The molecule has 92 valence electrons. The smallest absolute Gasteiger partial charge is 0.237 e. The highest BCUT2D eigenvalue weighted by molar-refractivity contribution is 8.00. The van der Waals surface area contributed by atoms with Crippen LogP contribution in [0.2, 0.25) is 5.02 Å². The summed E-state index contributed by atoms with van der Waals surface area (Å²) in [6.45, 7) is 0. The van der Waals surface area contributed by atoms with Crippen LogP contribution in [-0.2, 0) is 4.79 Å². The number of hydrogen-bond donors (Lipinski definition) is 2. The number of hydrogen-bond acceptors (Lipinski definition) is 4. The number of amides is 1. The van der Waals surface area contributed by atoms with Gasteiger partial charge in [-0.05, 0) is 31.4 Å². The number of nitrogens with two attached hydrogens (primary N) is 2. The first-order valence-electron chi connectivity index (χ1n) is 5.37. The normalized spacial score (nSPS) is 28.2. The Morgan fingerprint density at radius 3 is 3.00 bits per heavy atom. The summed E-state index contributed by atoms with van der Waals surface area (Å²) in [5.74, 6) is -0.423. The minimum absolute atomic E-state index is 0.250. The molecule has 2 rings (SSSR count). The quantitative estimate of drug-likeness (QED) is 0.874. The Kier molecular flexibility index (Phi) is 3.61. The number of primary amides is 1. The molecule has 4 N–H and O–H groups in total. The molecule has 4 nitrogen and oxygen atoms in total. The fourth-order valence-electron chi connectivity index (χ4n) is 1.97. The first kappa shape index (κ1) is 12.7. The van der Waals surface area contributed by atoms with Crippen molar-refractivity contribution in [2.75, 3.05) is 0 Å². The third kappa shape index (κ3) is 2.73. The molecule has 1 aliphatic rings. The lowest BCUT2D eigenvalue weighted by Gasteiger charge is -2.19. The van der Waals surface area contributed by atoms with Crippen molar-refractivity contribution in [2.24, 2.45) is 11.5 Å². The predicted molar refractivity (Wildman–Crippen MR) is 68.9 cm³/mol. The molecule has 2 unspecified atom stereocenters. The Balaban J connectivity index is 2.04. The van der Waals surface area contributed by atoms with Gasteiger partial charge >= 0.3 is 0 Å². The fourth-order valence-corrected chi connectivity index (χ4v) is 3.46. The summed E-state index contributed by atoms with van der Waals surface area (Å²) < 4.78 is 0. The Morgan fingerprint density at radius 1 is 1.65 bits per heavy atom. The van der Waals surface area contributed by atoms with Gasteiger partial charge in [0, 0.05) is 11.4 Å². The Hall–Kier alpha value is -0.780. The zero-order valence-corrected chi connectivity index (χ0v) is 10.8. The highest BCUT2D eigenvalue weighted by atomic mass is 35.5. The molecule has 1 aromatic heterocycles. The molecule has 1 fully saturated rings. The summed E-state index contributed by atoms with van der Waals surface area (Å²) in [6.07, 6.45) is 3.77. The molecule has 1 aliphatic carbocycles. The van der Waals surface area contributed by atoms with E-state index in [0.717, 1.165) is 11.4 Å². The number of carbonyl (C=O) groups is 1. The van der Waals surface area contributed by atoms with E-state index in [1.807, 2.05) is 0 Å². The van der Waals surface area contributed by atoms with Gasteiger partial charge in [-0.25, -0.2) is 4.98 Å². The summed E-state index contributed by atoms with van der Waals surface area (Å²) in [7, 11) is 0. The van der Waals surface area contributed by atoms with Crippen LogP contribution in [-0.4, -0.2) is 21.7 Å².